The molecular weight excluding hydrogens is 270 g/mol. The first-order chi connectivity index (χ1) is 9.99. The number of rotatable bonds is 4. The Kier molecular flexibility index (Phi) is 4.27. The van der Waals surface area contributed by atoms with Crippen LogP contribution in [0.4, 0.5) is 0 Å². The molecule has 0 saturated carbocycles. The molecule has 0 radical (unpaired) electrons. The normalized spacial score (nSPS) is 10.2. The topological polar surface area (TPSA) is 92.2 Å². The van der Waals surface area contributed by atoms with Gasteiger partial charge in [-0.15, -0.1) is 0 Å². The van der Waals surface area contributed by atoms with Gasteiger partial charge in [-0.05, 0) is 37.6 Å². The molecule has 21 heavy (non-hydrogen) atoms. The van der Waals surface area contributed by atoms with Gasteiger partial charge in [-0.25, -0.2) is 9.78 Å². The Labute approximate surface area is 121 Å². The van der Waals surface area contributed by atoms with Crippen molar-refractivity contribution in [2.45, 2.75) is 20.4 Å². The first kappa shape index (κ1) is 14.6. The van der Waals surface area contributed by atoms with Gasteiger partial charge < -0.3 is 10.4 Å². The molecule has 6 nitrogen and oxygen atoms in total. The third-order valence-electron chi connectivity index (χ3n) is 3.08. The number of hydrogen-bond acceptors (Lipinski definition) is 4. The fourth-order valence-electron chi connectivity index (χ4n) is 1.87. The predicted molar refractivity (Wildman–Crippen MR) is 76.1 cm³/mol. The van der Waals surface area contributed by atoms with E-state index in [1.54, 1.807) is 13.1 Å². The Morgan fingerprint density at radius 1 is 1.24 bits per heavy atom. The third kappa shape index (κ3) is 3.42. The fraction of sp³-hybridized carbons (Fsp3) is 0.200. The number of hydrogen-bond donors (Lipinski definition) is 2. The van der Waals surface area contributed by atoms with Gasteiger partial charge in [-0.2, -0.15) is 0 Å². The molecule has 0 fully saturated rings. The van der Waals surface area contributed by atoms with Gasteiger partial charge in [0, 0.05) is 6.20 Å². The van der Waals surface area contributed by atoms with Gasteiger partial charge in [0.05, 0.1) is 23.5 Å². The number of aromatic nitrogens is 2. The van der Waals surface area contributed by atoms with E-state index in [9.17, 15) is 9.59 Å². The van der Waals surface area contributed by atoms with Crippen LogP contribution in [0, 0.1) is 13.8 Å². The number of carboxylic acid groups (broad SMARTS) is 1. The van der Waals surface area contributed by atoms with Crippen molar-refractivity contribution >= 4 is 11.9 Å². The minimum Gasteiger partial charge on any atom is -0.478 e. The maximum absolute atomic E-state index is 12.0. The predicted octanol–water partition coefficient (Wildman–Crippen LogP) is 1.72. The Morgan fingerprint density at radius 3 is 2.62 bits per heavy atom. The number of pyridine rings is 2. The summed E-state index contributed by atoms with van der Waals surface area (Å²) < 4.78 is 0. The van der Waals surface area contributed by atoms with Crippen LogP contribution in [0.25, 0.3) is 0 Å². The van der Waals surface area contributed by atoms with Crippen molar-refractivity contribution in [1.82, 2.24) is 15.3 Å². The van der Waals surface area contributed by atoms with Crippen LogP contribution in [-0.2, 0) is 6.54 Å². The number of carbonyl (C=O) groups is 2. The van der Waals surface area contributed by atoms with Crippen molar-refractivity contribution in [2.24, 2.45) is 0 Å². The van der Waals surface area contributed by atoms with E-state index in [0.717, 1.165) is 11.3 Å². The minimum absolute atomic E-state index is 0.0899. The van der Waals surface area contributed by atoms with Crippen LogP contribution in [0.15, 0.2) is 30.5 Å². The summed E-state index contributed by atoms with van der Waals surface area (Å²) in [6, 6.07) is 6.53. The van der Waals surface area contributed by atoms with Gasteiger partial charge in [0.15, 0.2) is 0 Å². The van der Waals surface area contributed by atoms with E-state index in [2.05, 4.69) is 15.3 Å². The zero-order chi connectivity index (χ0) is 15.4. The summed E-state index contributed by atoms with van der Waals surface area (Å²) in [7, 11) is 0. The highest BCUT2D eigenvalue weighted by Gasteiger charge is 2.13. The summed E-state index contributed by atoms with van der Waals surface area (Å²) in [6.07, 6.45) is 1.67. The smallest absolute Gasteiger partial charge is 0.337 e. The molecule has 2 aromatic heterocycles. The van der Waals surface area contributed by atoms with E-state index in [1.165, 1.54) is 12.1 Å². The zero-order valence-corrected chi connectivity index (χ0v) is 11.8. The zero-order valence-electron chi connectivity index (χ0n) is 11.8. The third-order valence-corrected chi connectivity index (χ3v) is 3.08. The van der Waals surface area contributed by atoms with Crippen LogP contribution in [0.5, 0.6) is 0 Å². The summed E-state index contributed by atoms with van der Waals surface area (Å²) in [5, 5.41) is 11.6. The highest BCUT2D eigenvalue weighted by molar-refractivity contribution is 5.94. The summed E-state index contributed by atoms with van der Waals surface area (Å²) in [6.45, 7) is 3.77. The summed E-state index contributed by atoms with van der Waals surface area (Å²) in [5.74, 6) is -1.42. The Balaban J connectivity index is 2.09. The fourth-order valence-corrected chi connectivity index (χ4v) is 1.87. The quantitative estimate of drug-likeness (QED) is 0.892. The van der Waals surface area contributed by atoms with Crippen molar-refractivity contribution < 1.29 is 14.7 Å². The second kappa shape index (κ2) is 6.13. The molecule has 108 valence electrons. The van der Waals surface area contributed by atoms with E-state index in [0.29, 0.717) is 12.2 Å². The Bertz CT molecular complexity index is 698. The molecular formula is C15H15N3O3. The second-order valence-corrected chi connectivity index (χ2v) is 4.58. The van der Waals surface area contributed by atoms with Gasteiger partial charge in [-0.3, -0.25) is 9.78 Å². The molecule has 0 saturated heterocycles. The van der Waals surface area contributed by atoms with Crippen molar-refractivity contribution in [1.29, 1.82) is 0 Å². The van der Waals surface area contributed by atoms with Crippen LogP contribution in [0.3, 0.4) is 0 Å². The Morgan fingerprint density at radius 2 is 2.00 bits per heavy atom. The number of aromatic carboxylic acids is 1. The number of nitrogens with one attached hydrogen (secondary N) is 1. The van der Waals surface area contributed by atoms with Crippen molar-refractivity contribution in [3.8, 4) is 0 Å². The average molecular weight is 285 g/mol. The molecule has 0 aliphatic rings. The highest BCUT2D eigenvalue weighted by Crippen LogP contribution is 2.08. The number of carboxylic acids is 1. The highest BCUT2D eigenvalue weighted by atomic mass is 16.4. The molecule has 2 N–H and O–H groups in total. The number of nitrogens with zero attached hydrogens (tertiary/aromatic N) is 2. The van der Waals surface area contributed by atoms with E-state index in [4.69, 9.17) is 5.11 Å². The molecule has 1 amide bonds. The van der Waals surface area contributed by atoms with Gasteiger partial charge >= 0.3 is 5.97 Å². The van der Waals surface area contributed by atoms with Crippen molar-refractivity contribution in [3.63, 3.8) is 0 Å². The molecule has 0 atom stereocenters. The Hall–Kier alpha value is -2.76. The molecule has 2 rings (SSSR count). The lowest BCUT2D eigenvalue weighted by Gasteiger charge is -2.07. The van der Waals surface area contributed by atoms with Gasteiger partial charge in [0.25, 0.3) is 5.91 Å². The lowest BCUT2D eigenvalue weighted by molar-refractivity contribution is 0.0694. The molecule has 0 aliphatic heterocycles. The molecule has 0 unspecified atom stereocenters. The lowest BCUT2D eigenvalue weighted by Crippen LogP contribution is -2.25. The van der Waals surface area contributed by atoms with Gasteiger partial charge in [0.1, 0.15) is 5.69 Å². The van der Waals surface area contributed by atoms with Crippen LogP contribution in [-0.4, -0.2) is 27.0 Å². The molecule has 0 spiro atoms. The van der Waals surface area contributed by atoms with Crippen LogP contribution >= 0.6 is 0 Å². The molecule has 2 aromatic rings. The van der Waals surface area contributed by atoms with E-state index < -0.39 is 5.97 Å². The minimum atomic E-state index is -1.06. The molecule has 0 bridgehead atoms. The molecule has 6 heteroatoms. The molecule has 2 heterocycles. The number of amides is 1. The summed E-state index contributed by atoms with van der Waals surface area (Å²) in [4.78, 5) is 31.1. The summed E-state index contributed by atoms with van der Waals surface area (Å²) in [5.41, 5.74) is 2.36. The van der Waals surface area contributed by atoms with Crippen molar-refractivity contribution in [3.05, 3.63) is 58.7 Å². The van der Waals surface area contributed by atoms with E-state index >= 15 is 0 Å². The van der Waals surface area contributed by atoms with Gasteiger partial charge in [0.2, 0.25) is 0 Å². The first-order valence-electron chi connectivity index (χ1n) is 6.38. The number of aryl methyl sites for hydroxylation is 2. The van der Waals surface area contributed by atoms with Crippen LogP contribution < -0.4 is 5.32 Å². The largest absolute Gasteiger partial charge is 0.478 e. The SMILES string of the molecule is Cc1cccnc1CNC(=O)c1ccc(C(=O)O)c(C)n1. The lowest BCUT2D eigenvalue weighted by atomic mass is 10.2. The second-order valence-electron chi connectivity index (χ2n) is 4.58. The average Bonchev–Trinajstić information content (AvgIpc) is 2.45. The molecule has 0 aliphatic carbocycles. The van der Waals surface area contributed by atoms with E-state index in [-0.39, 0.29) is 17.2 Å². The maximum atomic E-state index is 12.0. The monoisotopic (exact) mass is 285 g/mol. The maximum Gasteiger partial charge on any atom is 0.337 e. The summed E-state index contributed by atoms with van der Waals surface area (Å²) >= 11 is 0. The van der Waals surface area contributed by atoms with E-state index in [1.807, 2.05) is 19.1 Å². The van der Waals surface area contributed by atoms with Gasteiger partial charge in [-0.1, -0.05) is 6.07 Å². The van der Waals surface area contributed by atoms with Crippen LogP contribution in [0.2, 0.25) is 0 Å². The molecule has 0 aromatic carbocycles. The standard InChI is InChI=1S/C15H15N3O3/c1-9-4-3-7-16-13(9)8-17-14(19)12-6-5-11(15(20)21)10(2)18-12/h3-7H,8H2,1-2H3,(H,17,19)(H,20,21). The number of carbonyl (C=O) groups excluding carboxylic acids is 1. The first-order valence-corrected chi connectivity index (χ1v) is 6.38. The van der Waals surface area contributed by atoms with Crippen molar-refractivity contribution in [2.75, 3.05) is 0 Å². The van der Waals surface area contributed by atoms with Crippen LogP contribution in [0.1, 0.15) is 37.8 Å².